The number of rotatable bonds is 7. The van der Waals surface area contributed by atoms with E-state index in [9.17, 15) is 5.11 Å². The molecule has 2 aliphatic carbocycles. The highest BCUT2D eigenvalue weighted by atomic mass is 16.3. The van der Waals surface area contributed by atoms with Gasteiger partial charge in [-0.25, -0.2) is 0 Å². The third-order valence-electron chi connectivity index (χ3n) is 5.50. The molecule has 3 heteroatoms. The van der Waals surface area contributed by atoms with Crippen LogP contribution in [0.15, 0.2) is 0 Å². The maximum atomic E-state index is 9.92. The second-order valence-corrected chi connectivity index (χ2v) is 6.88. The number of nitrogens with one attached hydrogen (secondary N) is 1. The summed E-state index contributed by atoms with van der Waals surface area (Å²) < 4.78 is 0. The van der Waals surface area contributed by atoms with Crippen LogP contribution in [0.2, 0.25) is 0 Å². The van der Waals surface area contributed by atoms with E-state index in [1.165, 1.54) is 45.1 Å². The van der Waals surface area contributed by atoms with Gasteiger partial charge in [-0.2, -0.15) is 0 Å². The summed E-state index contributed by atoms with van der Waals surface area (Å²) in [6.07, 6.45) is 11.6. The van der Waals surface area contributed by atoms with E-state index in [0.717, 1.165) is 31.8 Å². The lowest BCUT2D eigenvalue weighted by Crippen LogP contribution is -2.57. The Morgan fingerprint density at radius 3 is 2.40 bits per heavy atom. The van der Waals surface area contributed by atoms with E-state index in [2.05, 4.69) is 24.1 Å². The minimum absolute atomic E-state index is 0.00898. The van der Waals surface area contributed by atoms with Crippen molar-refractivity contribution in [3.63, 3.8) is 0 Å². The van der Waals surface area contributed by atoms with Crippen LogP contribution in [0.3, 0.4) is 0 Å². The lowest BCUT2D eigenvalue weighted by Gasteiger charge is -2.46. The normalized spacial score (nSPS) is 32.1. The zero-order valence-corrected chi connectivity index (χ0v) is 13.5. The average Bonchev–Trinajstić information content (AvgIpc) is 3.00. The molecule has 0 aromatic rings. The molecule has 0 saturated heterocycles. The van der Waals surface area contributed by atoms with Crippen molar-refractivity contribution >= 4 is 0 Å². The van der Waals surface area contributed by atoms with Crippen molar-refractivity contribution in [2.75, 3.05) is 19.7 Å². The van der Waals surface area contributed by atoms with Gasteiger partial charge in [0.2, 0.25) is 0 Å². The van der Waals surface area contributed by atoms with Crippen LogP contribution in [0.4, 0.5) is 0 Å². The van der Waals surface area contributed by atoms with Gasteiger partial charge in [-0.3, -0.25) is 4.90 Å². The smallest absolute Gasteiger partial charge is 0.0613 e. The molecule has 0 aromatic heterocycles. The van der Waals surface area contributed by atoms with Crippen LogP contribution in [-0.2, 0) is 0 Å². The molecular weight excluding hydrogens is 248 g/mol. The molecule has 3 nitrogen and oxygen atoms in total. The molecule has 0 heterocycles. The van der Waals surface area contributed by atoms with Gasteiger partial charge in [0.05, 0.1) is 6.61 Å². The highest BCUT2D eigenvalue weighted by Crippen LogP contribution is 2.34. The third-order valence-corrected chi connectivity index (χ3v) is 5.50. The van der Waals surface area contributed by atoms with E-state index < -0.39 is 0 Å². The fourth-order valence-corrected chi connectivity index (χ4v) is 4.41. The van der Waals surface area contributed by atoms with Gasteiger partial charge in [0, 0.05) is 17.6 Å². The number of hydrogen-bond donors (Lipinski definition) is 2. The first-order valence-electron chi connectivity index (χ1n) is 8.86. The Kier molecular flexibility index (Phi) is 6.31. The first-order chi connectivity index (χ1) is 9.74. The van der Waals surface area contributed by atoms with Crippen LogP contribution in [0.1, 0.15) is 71.6 Å². The molecular formula is C17H34N2O. The maximum absolute atomic E-state index is 9.92. The SMILES string of the molecule is CCCNC1(CO)CCCC(N(CC)C2CCCC2)C1. The van der Waals surface area contributed by atoms with Gasteiger partial charge >= 0.3 is 0 Å². The molecule has 0 bridgehead atoms. The average molecular weight is 282 g/mol. The van der Waals surface area contributed by atoms with Crippen molar-refractivity contribution in [3.8, 4) is 0 Å². The van der Waals surface area contributed by atoms with Crippen molar-refractivity contribution in [1.29, 1.82) is 0 Å². The van der Waals surface area contributed by atoms with Crippen molar-refractivity contribution < 1.29 is 5.11 Å². The van der Waals surface area contributed by atoms with E-state index in [1.54, 1.807) is 0 Å². The Morgan fingerprint density at radius 2 is 1.80 bits per heavy atom. The summed E-state index contributed by atoms with van der Waals surface area (Å²) in [7, 11) is 0. The van der Waals surface area contributed by atoms with Crippen molar-refractivity contribution in [1.82, 2.24) is 10.2 Å². The lowest BCUT2D eigenvalue weighted by molar-refractivity contribution is 0.0422. The topological polar surface area (TPSA) is 35.5 Å². The minimum Gasteiger partial charge on any atom is -0.394 e. The van der Waals surface area contributed by atoms with E-state index in [4.69, 9.17) is 0 Å². The molecule has 2 fully saturated rings. The standard InChI is InChI=1S/C17H34N2O/c1-3-12-18-17(14-20)11-7-10-16(13-17)19(4-2)15-8-5-6-9-15/h15-16,18,20H,3-14H2,1-2H3. The zero-order chi connectivity index (χ0) is 14.4. The molecule has 0 radical (unpaired) electrons. The summed E-state index contributed by atoms with van der Waals surface area (Å²) in [5, 5.41) is 13.6. The van der Waals surface area contributed by atoms with Crippen LogP contribution in [0.5, 0.6) is 0 Å². The fraction of sp³-hybridized carbons (Fsp3) is 1.00. The Morgan fingerprint density at radius 1 is 1.10 bits per heavy atom. The van der Waals surface area contributed by atoms with Gasteiger partial charge in [-0.1, -0.05) is 26.7 Å². The predicted octanol–water partition coefficient (Wildman–Crippen LogP) is 2.92. The van der Waals surface area contributed by atoms with Crippen LogP contribution in [0, 0.1) is 0 Å². The Bertz CT molecular complexity index is 278. The van der Waals surface area contributed by atoms with Crippen molar-refractivity contribution in [2.24, 2.45) is 0 Å². The Balaban J connectivity index is 1.99. The monoisotopic (exact) mass is 282 g/mol. The van der Waals surface area contributed by atoms with Gasteiger partial charge in [-0.15, -0.1) is 0 Å². The van der Waals surface area contributed by atoms with Crippen LogP contribution in [0.25, 0.3) is 0 Å². The molecule has 2 atom stereocenters. The number of aliphatic hydroxyl groups excluding tert-OH is 1. The molecule has 118 valence electrons. The number of nitrogens with zero attached hydrogens (tertiary/aromatic N) is 1. The number of aliphatic hydroxyl groups is 1. The van der Waals surface area contributed by atoms with Gasteiger partial charge in [-0.05, 0) is 58.0 Å². The van der Waals surface area contributed by atoms with Gasteiger partial charge in [0.15, 0.2) is 0 Å². The fourth-order valence-electron chi connectivity index (χ4n) is 4.41. The predicted molar refractivity (Wildman–Crippen MR) is 85.0 cm³/mol. The molecule has 2 rings (SSSR count). The van der Waals surface area contributed by atoms with E-state index >= 15 is 0 Å². The molecule has 0 amide bonds. The number of hydrogen-bond acceptors (Lipinski definition) is 3. The Hall–Kier alpha value is -0.120. The molecule has 2 saturated carbocycles. The first kappa shape index (κ1) is 16.3. The summed E-state index contributed by atoms with van der Waals surface area (Å²) in [5.41, 5.74) is -0.00898. The molecule has 2 aliphatic rings. The van der Waals surface area contributed by atoms with Gasteiger partial charge in [0.1, 0.15) is 0 Å². The minimum atomic E-state index is -0.00898. The first-order valence-corrected chi connectivity index (χ1v) is 8.86. The Labute approximate surface area is 125 Å². The second-order valence-electron chi connectivity index (χ2n) is 6.88. The molecule has 20 heavy (non-hydrogen) atoms. The van der Waals surface area contributed by atoms with Crippen molar-refractivity contribution in [2.45, 2.75) is 89.3 Å². The summed E-state index contributed by atoms with van der Waals surface area (Å²) in [5.74, 6) is 0. The van der Waals surface area contributed by atoms with Gasteiger partial charge < -0.3 is 10.4 Å². The summed E-state index contributed by atoms with van der Waals surface area (Å²) in [4.78, 5) is 2.75. The maximum Gasteiger partial charge on any atom is 0.0613 e. The van der Waals surface area contributed by atoms with Crippen LogP contribution >= 0.6 is 0 Å². The molecule has 2 N–H and O–H groups in total. The molecule has 0 spiro atoms. The quantitative estimate of drug-likeness (QED) is 0.753. The second kappa shape index (κ2) is 7.77. The van der Waals surface area contributed by atoms with Crippen molar-refractivity contribution in [3.05, 3.63) is 0 Å². The lowest BCUT2D eigenvalue weighted by atomic mass is 9.78. The van der Waals surface area contributed by atoms with Gasteiger partial charge in [0.25, 0.3) is 0 Å². The van der Waals surface area contributed by atoms with E-state index in [0.29, 0.717) is 12.6 Å². The summed E-state index contributed by atoms with van der Waals surface area (Å²) >= 11 is 0. The molecule has 2 unspecified atom stereocenters. The van der Waals surface area contributed by atoms with E-state index in [1.807, 2.05) is 0 Å². The summed E-state index contributed by atoms with van der Waals surface area (Å²) in [6, 6.07) is 1.49. The van der Waals surface area contributed by atoms with Crippen LogP contribution in [-0.4, -0.2) is 47.3 Å². The summed E-state index contributed by atoms with van der Waals surface area (Å²) in [6.45, 7) is 7.02. The zero-order valence-electron chi connectivity index (χ0n) is 13.5. The highest BCUT2D eigenvalue weighted by Gasteiger charge is 2.39. The third kappa shape index (κ3) is 3.75. The highest BCUT2D eigenvalue weighted by molar-refractivity contribution is 4.97. The van der Waals surface area contributed by atoms with E-state index in [-0.39, 0.29) is 5.54 Å². The van der Waals surface area contributed by atoms with Crippen LogP contribution < -0.4 is 5.32 Å². The molecule has 0 aromatic carbocycles. The largest absolute Gasteiger partial charge is 0.394 e. The molecule has 0 aliphatic heterocycles.